The van der Waals surface area contributed by atoms with Gasteiger partial charge in [-0.15, -0.1) is 11.3 Å². The van der Waals surface area contributed by atoms with Crippen LogP contribution in [0.3, 0.4) is 0 Å². The number of aromatic nitrogens is 2. The van der Waals surface area contributed by atoms with E-state index in [9.17, 15) is 9.18 Å². The third-order valence-corrected chi connectivity index (χ3v) is 8.04. The van der Waals surface area contributed by atoms with E-state index in [1.54, 1.807) is 28.2 Å². The van der Waals surface area contributed by atoms with Gasteiger partial charge in [-0.1, -0.05) is 30.5 Å². The number of halogens is 2. The first-order chi connectivity index (χ1) is 16.8. The van der Waals surface area contributed by atoms with Crippen LogP contribution in [0, 0.1) is 19.7 Å². The highest BCUT2D eigenvalue weighted by molar-refractivity contribution is 7.80. The molecule has 1 aromatic carbocycles. The maximum Gasteiger partial charge on any atom is 0.341 e. The number of benzene rings is 1. The summed E-state index contributed by atoms with van der Waals surface area (Å²) in [5.41, 5.74) is 4.27. The van der Waals surface area contributed by atoms with Crippen LogP contribution in [0.4, 0.5) is 15.1 Å². The quantitative estimate of drug-likeness (QED) is 0.282. The van der Waals surface area contributed by atoms with Crippen LogP contribution in [0.2, 0.25) is 5.02 Å². The molecule has 0 spiro atoms. The van der Waals surface area contributed by atoms with Crippen molar-refractivity contribution in [1.82, 2.24) is 9.78 Å². The highest BCUT2D eigenvalue weighted by Gasteiger charge is 2.26. The predicted molar refractivity (Wildman–Crippen MR) is 144 cm³/mol. The topological polar surface area (TPSA) is 68.2 Å². The molecule has 0 radical (unpaired) electrons. The zero-order valence-electron chi connectivity index (χ0n) is 20.0. The van der Waals surface area contributed by atoms with Crippen molar-refractivity contribution < 1.29 is 13.9 Å². The van der Waals surface area contributed by atoms with Crippen molar-refractivity contribution in [3.8, 4) is 0 Å². The molecule has 6 nitrogen and oxygen atoms in total. The molecular weight excluding hydrogens is 507 g/mol. The molecule has 1 aliphatic rings. The standard InChI is InChI=1S/C25H28ClFN4O2S2/c1-14-22(15(2)31(30-14)13-17-18(26)10-8-11-19(17)27)28-25(34)29-23-21(24(32)33-3)16-9-6-4-5-7-12-20(16)35-23/h8,10-11H,4-7,9,12-13H2,1-3H3,(H2,28,29,34). The second kappa shape index (κ2) is 11.1. The molecule has 0 fully saturated rings. The van der Waals surface area contributed by atoms with Gasteiger partial charge in [-0.2, -0.15) is 5.10 Å². The first kappa shape index (κ1) is 25.6. The smallest absolute Gasteiger partial charge is 0.341 e. The van der Waals surface area contributed by atoms with Gasteiger partial charge in [0.15, 0.2) is 5.11 Å². The summed E-state index contributed by atoms with van der Waals surface area (Å²) in [6.07, 6.45) is 6.35. The third kappa shape index (κ3) is 5.52. The summed E-state index contributed by atoms with van der Waals surface area (Å²) in [7, 11) is 1.40. The number of anilines is 2. The number of nitrogens with one attached hydrogen (secondary N) is 2. The van der Waals surface area contributed by atoms with Gasteiger partial charge in [-0.25, -0.2) is 9.18 Å². The maximum atomic E-state index is 14.3. The maximum absolute atomic E-state index is 14.3. The second-order valence-electron chi connectivity index (χ2n) is 8.60. The lowest BCUT2D eigenvalue weighted by atomic mass is 9.96. The van der Waals surface area contributed by atoms with E-state index in [1.807, 2.05) is 13.8 Å². The molecule has 4 rings (SSSR count). The molecule has 0 unspecified atom stereocenters. The van der Waals surface area contributed by atoms with Gasteiger partial charge in [-0.05, 0) is 69.4 Å². The van der Waals surface area contributed by atoms with E-state index in [1.165, 1.54) is 30.9 Å². The highest BCUT2D eigenvalue weighted by atomic mass is 35.5. The van der Waals surface area contributed by atoms with Crippen molar-refractivity contribution in [2.24, 2.45) is 0 Å². The zero-order valence-corrected chi connectivity index (χ0v) is 22.4. The molecule has 0 amide bonds. The van der Waals surface area contributed by atoms with Crippen LogP contribution in [0.25, 0.3) is 0 Å². The number of carbonyl (C=O) groups is 1. The number of hydrogen-bond acceptors (Lipinski definition) is 5. The third-order valence-electron chi connectivity index (χ3n) is 6.28. The molecule has 0 bridgehead atoms. The van der Waals surface area contributed by atoms with Crippen LogP contribution < -0.4 is 10.6 Å². The normalized spacial score (nSPS) is 13.5. The van der Waals surface area contributed by atoms with Crippen molar-refractivity contribution in [3.05, 3.63) is 62.0 Å². The molecule has 0 atom stereocenters. The van der Waals surface area contributed by atoms with E-state index in [2.05, 4.69) is 15.7 Å². The number of ether oxygens (including phenoxy) is 1. The minimum Gasteiger partial charge on any atom is -0.465 e. The van der Waals surface area contributed by atoms with Gasteiger partial charge >= 0.3 is 5.97 Å². The van der Waals surface area contributed by atoms with E-state index in [0.29, 0.717) is 32.0 Å². The largest absolute Gasteiger partial charge is 0.465 e. The minimum absolute atomic E-state index is 0.199. The first-order valence-electron chi connectivity index (χ1n) is 11.6. The fourth-order valence-electron chi connectivity index (χ4n) is 4.44. The zero-order chi connectivity index (χ0) is 25.1. The number of nitrogens with zero attached hydrogens (tertiary/aromatic N) is 2. The Labute approximate surface area is 218 Å². The number of thiocarbonyl (C=S) groups is 1. The predicted octanol–water partition coefficient (Wildman–Crippen LogP) is 6.66. The Bertz CT molecular complexity index is 1250. The van der Waals surface area contributed by atoms with Crippen molar-refractivity contribution in [2.75, 3.05) is 17.7 Å². The average molecular weight is 535 g/mol. The molecule has 0 saturated carbocycles. The molecule has 2 N–H and O–H groups in total. The average Bonchev–Trinajstić information content (AvgIpc) is 3.26. The number of carbonyl (C=O) groups excluding carboxylic acids is 1. The molecule has 0 saturated heterocycles. The lowest BCUT2D eigenvalue weighted by Crippen LogP contribution is -2.21. The fourth-order valence-corrected chi connectivity index (χ4v) is 6.21. The van der Waals surface area contributed by atoms with Crippen LogP contribution in [-0.2, 0) is 24.1 Å². The summed E-state index contributed by atoms with van der Waals surface area (Å²) >= 11 is 13.4. The number of aryl methyl sites for hydroxylation is 2. The SMILES string of the molecule is COC(=O)c1c(NC(=S)Nc2c(C)nn(Cc3c(F)cccc3Cl)c2C)sc2c1CCCCCC2. The molecule has 1 aliphatic carbocycles. The van der Waals surface area contributed by atoms with Gasteiger partial charge in [-0.3, -0.25) is 4.68 Å². The Morgan fingerprint density at radius 1 is 1.23 bits per heavy atom. The van der Waals surface area contributed by atoms with Crippen molar-refractivity contribution in [1.29, 1.82) is 0 Å². The van der Waals surface area contributed by atoms with Crippen LogP contribution in [-0.4, -0.2) is 28.0 Å². The lowest BCUT2D eigenvalue weighted by molar-refractivity contribution is 0.0601. The molecule has 0 aliphatic heterocycles. The van der Waals surface area contributed by atoms with Crippen LogP contribution in [0.1, 0.15) is 63.4 Å². The van der Waals surface area contributed by atoms with Gasteiger partial charge < -0.3 is 15.4 Å². The molecule has 186 valence electrons. The summed E-state index contributed by atoms with van der Waals surface area (Å²) in [5.74, 6) is -0.726. The van der Waals surface area contributed by atoms with E-state index >= 15 is 0 Å². The van der Waals surface area contributed by atoms with Crippen molar-refractivity contribution in [3.63, 3.8) is 0 Å². The Morgan fingerprint density at radius 3 is 2.69 bits per heavy atom. The Morgan fingerprint density at radius 2 is 1.97 bits per heavy atom. The number of thiophene rings is 1. The van der Waals surface area contributed by atoms with Gasteiger partial charge in [0.1, 0.15) is 10.8 Å². The summed E-state index contributed by atoms with van der Waals surface area (Å²) in [5, 5.41) is 12.4. The van der Waals surface area contributed by atoms with E-state index in [4.69, 9.17) is 28.6 Å². The molecule has 2 aromatic heterocycles. The molecule has 10 heteroatoms. The molecule has 3 aromatic rings. The highest BCUT2D eigenvalue weighted by Crippen LogP contribution is 2.37. The summed E-state index contributed by atoms with van der Waals surface area (Å²) in [6, 6.07) is 4.62. The first-order valence-corrected chi connectivity index (χ1v) is 13.2. The summed E-state index contributed by atoms with van der Waals surface area (Å²) in [6.45, 7) is 3.94. The van der Waals surface area contributed by atoms with Gasteiger partial charge in [0.05, 0.1) is 36.3 Å². The minimum atomic E-state index is -0.375. The Balaban J connectivity index is 1.56. The number of fused-ring (bicyclic) bond motifs is 1. The van der Waals surface area contributed by atoms with Crippen LogP contribution in [0.5, 0.6) is 0 Å². The van der Waals surface area contributed by atoms with Gasteiger partial charge in [0, 0.05) is 15.5 Å². The summed E-state index contributed by atoms with van der Waals surface area (Å²) < 4.78 is 21.1. The number of hydrogen-bond donors (Lipinski definition) is 2. The van der Waals surface area contributed by atoms with E-state index < -0.39 is 0 Å². The lowest BCUT2D eigenvalue weighted by Gasteiger charge is -2.13. The van der Waals surface area contributed by atoms with Crippen molar-refractivity contribution in [2.45, 2.75) is 58.9 Å². The Kier molecular flexibility index (Phi) is 8.09. The molecule has 2 heterocycles. The van der Waals surface area contributed by atoms with Crippen LogP contribution >= 0.6 is 35.2 Å². The van der Waals surface area contributed by atoms with E-state index in [0.717, 1.165) is 42.6 Å². The number of methoxy groups -OCH3 is 1. The van der Waals surface area contributed by atoms with Crippen LogP contribution in [0.15, 0.2) is 18.2 Å². The van der Waals surface area contributed by atoms with Gasteiger partial charge in [0.25, 0.3) is 0 Å². The molecule has 35 heavy (non-hydrogen) atoms. The second-order valence-corrected chi connectivity index (χ2v) is 10.5. The fraction of sp³-hybridized carbons (Fsp3) is 0.400. The van der Waals surface area contributed by atoms with Crippen molar-refractivity contribution >= 4 is 56.9 Å². The molecular formula is C25H28ClFN4O2S2. The number of esters is 1. The number of rotatable bonds is 5. The monoisotopic (exact) mass is 534 g/mol. The van der Waals surface area contributed by atoms with Gasteiger partial charge in [0.2, 0.25) is 0 Å². The Hall–Kier alpha value is -2.49. The summed E-state index contributed by atoms with van der Waals surface area (Å²) in [4.78, 5) is 13.9. The van der Waals surface area contributed by atoms with E-state index in [-0.39, 0.29) is 18.3 Å².